The molecule has 0 saturated carbocycles. The first-order valence-electron chi connectivity index (χ1n) is 9.73. The molecule has 154 valence electrons. The van der Waals surface area contributed by atoms with E-state index in [0.717, 1.165) is 26.3 Å². The lowest BCUT2D eigenvalue weighted by Crippen LogP contribution is -2.41. The van der Waals surface area contributed by atoms with E-state index in [1.807, 2.05) is 60.8 Å². The lowest BCUT2D eigenvalue weighted by molar-refractivity contribution is -0.132. The molecule has 1 fully saturated rings. The Kier molecular flexibility index (Phi) is 6.04. The molecule has 0 radical (unpaired) electrons. The summed E-state index contributed by atoms with van der Waals surface area (Å²) in [5.74, 6) is -0.0157. The second-order valence-corrected chi connectivity index (χ2v) is 8.17. The molecule has 0 spiro atoms. The summed E-state index contributed by atoms with van der Waals surface area (Å²) in [6, 6.07) is 16.5. The Balaban J connectivity index is 1.28. The lowest BCUT2D eigenvalue weighted by atomic mass is 10.1. The van der Waals surface area contributed by atoms with Gasteiger partial charge in [-0.15, -0.1) is 11.8 Å². The van der Waals surface area contributed by atoms with Crippen LogP contribution in [0.5, 0.6) is 0 Å². The largest absolute Gasteiger partial charge is 0.361 e. The summed E-state index contributed by atoms with van der Waals surface area (Å²) < 4.78 is 0. The molecule has 1 atom stereocenters. The van der Waals surface area contributed by atoms with Gasteiger partial charge < -0.3 is 15.6 Å². The number of thioether (sulfide) groups is 1. The third-order valence-electron chi connectivity index (χ3n) is 4.94. The minimum Gasteiger partial charge on any atom is -0.361 e. The van der Waals surface area contributed by atoms with E-state index in [1.54, 1.807) is 11.8 Å². The average molecular weight is 423 g/mol. The number of para-hydroxylation sites is 1. The molecule has 8 heteroatoms. The number of H-pyrrole nitrogens is 1. The number of hydrogen-bond acceptors (Lipinski definition) is 4. The number of urea groups is 1. The number of hydrogen-bond donors (Lipinski definition) is 3. The van der Waals surface area contributed by atoms with Gasteiger partial charge >= 0.3 is 6.03 Å². The van der Waals surface area contributed by atoms with Crippen LogP contribution < -0.4 is 10.6 Å². The summed E-state index contributed by atoms with van der Waals surface area (Å²) >= 11 is 1.63. The van der Waals surface area contributed by atoms with Crippen LogP contribution in [0, 0.1) is 0 Å². The van der Waals surface area contributed by atoms with Crippen LogP contribution in [0.25, 0.3) is 10.9 Å². The van der Waals surface area contributed by atoms with Crippen molar-refractivity contribution in [2.24, 2.45) is 0 Å². The van der Waals surface area contributed by atoms with Crippen LogP contribution in [0.15, 0.2) is 65.7 Å². The van der Waals surface area contributed by atoms with Crippen molar-refractivity contribution in [2.45, 2.75) is 17.4 Å². The van der Waals surface area contributed by atoms with E-state index in [2.05, 4.69) is 15.6 Å². The van der Waals surface area contributed by atoms with E-state index in [4.69, 9.17) is 0 Å². The Hall–Kier alpha value is -3.26. The molecule has 0 unspecified atom stereocenters. The van der Waals surface area contributed by atoms with Gasteiger partial charge in [-0.05, 0) is 23.8 Å². The van der Waals surface area contributed by atoms with Crippen molar-refractivity contribution in [2.75, 3.05) is 18.8 Å². The number of rotatable bonds is 8. The van der Waals surface area contributed by atoms with E-state index in [-0.39, 0.29) is 18.4 Å². The molecule has 7 nitrogen and oxygen atoms in total. The van der Waals surface area contributed by atoms with Crippen LogP contribution >= 0.6 is 11.8 Å². The maximum atomic E-state index is 12.7. The molecule has 2 heterocycles. The fraction of sp³-hybridized carbons (Fsp3) is 0.227. The Labute approximate surface area is 178 Å². The molecular weight excluding hydrogens is 400 g/mol. The molecule has 3 N–H and O–H groups in total. The number of fused-ring (bicyclic) bond motifs is 1. The first-order chi connectivity index (χ1) is 14.6. The number of carbonyl (C=O) groups is 3. The summed E-state index contributed by atoms with van der Waals surface area (Å²) in [5.41, 5.74) is 1.93. The van der Waals surface area contributed by atoms with Crippen LogP contribution in [-0.4, -0.2) is 52.6 Å². The highest BCUT2D eigenvalue weighted by Gasteiger charge is 2.39. The fourth-order valence-electron chi connectivity index (χ4n) is 3.46. The van der Waals surface area contributed by atoms with Gasteiger partial charge in [-0.2, -0.15) is 0 Å². The van der Waals surface area contributed by atoms with Gasteiger partial charge in [0.15, 0.2) is 0 Å². The zero-order chi connectivity index (χ0) is 20.9. The number of imide groups is 1. The first-order valence-corrected chi connectivity index (χ1v) is 10.7. The van der Waals surface area contributed by atoms with Crippen LogP contribution in [0.3, 0.4) is 0 Å². The third-order valence-corrected chi connectivity index (χ3v) is 5.96. The molecular formula is C22H22N4O3S. The van der Waals surface area contributed by atoms with Crippen LogP contribution in [-0.2, 0) is 16.0 Å². The molecule has 4 rings (SSSR count). The van der Waals surface area contributed by atoms with Gasteiger partial charge in [-0.1, -0.05) is 36.4 Å². The quantitative estimate of drug-likeness (QED) is 0.295. The molecule has 1 saturated heterocycles. The van der Waals surface area contributed by atoms with Crippen molar-refractivity contribution in [3.8, 4) is 0 Å². The summed E-state index contributed by atoms with van der Waals surface area (Å²) in [6.45, 7) is 0.186. The topological polar surface area (TPSA) is 94.3 Å². The lowest BCUT2D eigenvalue weighted by Gasteiger charge is -2.13. The summed E-state index contributed by atoms with van der Waals surface area (Å²) in [6.07, 6.45) is 2.23. The normalized spacial score (nSPS) is 16.1. The summed E-state index contributed by atoms with van der Waals surface area (Å²) in [5, 5.41) is 6.48. The van der Waals surface area contributed by atoms with E-state index < -0.39 is 12.1 Å². The Bertz CT molecular complexity index is 1070. The molecule has 3 aromatic rings. The highest BCUT2D eigenvalue weighted by molar-refractivity contribution is 7.99. The summed E-state index contributed by atoms with van der Waals surface area (Å²) in [4.78, 5) is 42.4. The SMILES string of the molecule is O=C(CN1C(=O)N[C@@H](Cc2c[nH]c3ccccc23)C1=O)NCCSc1ccccc1. The van der Waals surface area contributed by atoms with Gasteiger partial charge in [-0.25, -0.2) is 4.79 Å². The van der Waals surface area contributed by atoms with Gasteiger partial charge in [0.05, 0.1) is 0 Å². The van der Waals surface area contributed by atoms with Crippen molar-refractivity contribution < 1.29 is 14.4 Å². The Morgan fingerprint density at radius 2 is 1.83 bits per heavy atom. The number of benzene rings is 2. The standard InChI is InChI=1S/C22H22N4O3S/c27-20(23-10-11-30-16-6-2-1-3-7-16)14-26-21(28)19(25-22(26)29)12-15-13-24-18-9-5-4-8-17(15)18/h1-9,13,19,24H,10-12,14H2,(H,23,27)(H,25,29)/t19-/m0/s1. The number of nitrogens with one attached hydrogen (secondary N) is 3. The van der Waals surface area contributed by atoms with E-state index in [1.165, 1.54) is 0 Å². The zero-order valence-corrected chi connectivity index (χ0v) is 17.1. The molecule has 1 aliphatic heterocycles. The smallest absolute Gasteiger partial charge is 0.325 e. The van der Waals surface area contributed by atoms with Gasteiger partial charge in [0.2, 0.25) is 5.91 Å². The molecule has 2 aromatic carbocycles. The maximum Gasteiger partial charge on any atom is 0.325 e. The van der Waals surface area contributed by atoms with Crippen LogP contribution in [0.4, 0.5) is 4.79 Å². The first kappa shape index (κ1) is 20.0. The molecule has 1 aliphatic rings. The van der Waals surface area contributed by atoms with Gasteiger partial charge in [-0.3, -0.25) is 14.5 Å². The fourth-order valence-corrected chi connectivity index (χ4v) is 4.25. The van der Waals surface area contributed by atoms with Gasteiger partial charge in [0.1, 0.15) is 12.6 Å². The number of amides is 4. The predicted molar refractivity (Wildman–Crippen MR) is 116 cm³/mol. The Morgan fingerprint density at radius 3 is 2.67 bits per heavy atom. The number of carbonyl (C=O) groups excluding carboxylic acids is 3. The molecule has 4 amide bonds. The van der Waals surface area contributed by atoms with E-state index >= 15 is 0 Å². The second-order valence-electron chi connectivity index (χ2n) is 7.00. The van der Waals surface area contributed by atoms with E-state index in [9.17, 15) is 14.4 Å². The predicted octanol–water partition coefficient (Wildman–Crippen LogP) is 2.54. The molecule has 30 heavy (non-hydrogen) atoms. The van der Waals surface area contributed by atoms with Gasteiger partial charge in [0.25, 0.3) is 5.91 Å². The second kappa shape index (κ2) is 9.04. The monoisotopic (exact) mass is 422 g/mol. The number of aromatic nitrogens is 1. The average Bonchev–Trinajstić information content (AvgIpc) is 3.28. The molecule has 1 aromatic heterocycles. The minimum atomic E-state index is -0.668. The van der Waals surface area contributed by atoms with Crippen LogP contribution in [0.1, 0.15) is 5.56 Å². The van der Waals surface area contributed by atoms with Crippen molar-refractivity contribution >= 4 is 40.5 Å². The van der Waals surface area contributed by atoms with Gasteiger partial charge in [0, 0.05) is 40.7 Å². The third kappa shape index (κ3) is 4.49. The summed E-state index contributed by atoms with van der Waals surface area (Å²) in [7, 11) is 0. The van der Waals surface area contributed by atoms with Crippen molar-refractivity contribution in [3.05, 3.63) is 66.4 Å². The van der Waals surface area contributed by atoms with Crippen LogP contribution in [0.2, 0.25) is 0 Å². The maximum absolute atomic E-state index is 12.7. The molecule has 0 bridgehead atoms. The number of nitrogens with zero attached hydrogens (tertiary/aromatic N) is 1. The highest BCUT2D eigenvalue weighted by Crippen LogP contribution is 2.21. The van der Waals surface area contributed by atoms with Crippen molar-refractivity contribution in [1.82, 2.24) is 20.5 Å². The minimum absolute atomic E-state index is 0.273. The number of aromatic amines is 1. The highest BCUT2D eigenvalue weighted by atomic mass is 32.2. The molecule has 0 aliphatic carbocycles. The van der Waals surface area contributed by atoms with Crippen molar-refractivity contribution in [1.29, 1.82) is 0 Å². The Morgan fingerprint density at radius 1 is 1.07 bits per heavy atom. The van der Waals surface area contributed by atoms with E-state index in [0.29, 0.717) is 18.7 Å². The zero-order valence-electron chi connectivity index (χ0n) is 16.3. The van der Waals surface area contributed by atoms with Crippen molar-refractivity contribution in [3.63, 3.8) is 0 Å².